The van der Waals surface area contributed by atoms with E-state index in [4.69, 9.17) is 23.2 Å². The Hall–Kier alpha value is -1.69. The summed E-state index contributed by atoms with van der Waals surface area (Å²) in [5, 5.41) is 3.86. The third-order valence-electron chi connectivity index (χ3n) is 4.43. The summed E-state index contributed by atoms with van der Waals surface area (Å²) in [4.78, 5) is 28.5. The van der Waals surface area contributed by atoms with Crippen molar-refractivity contribution in [2.45, 2.75) is 44.2 Å². The Morgan fingerprint density at radius 1 is 1.03 bits per heavy atom. The summed E-state index contributed by atoms with van der Waals surface area (Å²) in [5.74, 6) is -0.0622. The minimum Gasteiger partial charge on any atom is -0.354 e. The fourth-order valence-corrected chi connectivity index (χ4v) is 4.21. The van der Waals surface area contributed by atoms with Crippen molar-refractivity contribution < 1.29 is 9.59 Å². The Labute approximate surface area is 187 Å². The fraction of sp³-hybridized carbons (Fsp3) is 0.364. The van der Waals surface area contributed by atoms with Gasteiger partial charge in [-0.2, -0.15) is 0 Å². The number of halogens is 2. The Morgan fingerprint density at radius 3 is 2.28 bits per heavy atom. The summed E-state index contributed by atoms with van der Waals surface area (Å²) in [7, 11) is 0. The third-order valence-corrected chi connectivity index (χ3v) is 6.14. The lowest BCUT2D eigenvalue weighted by Gasteiger charge is -2.31. The number of amides is 2. The van der Waals surface area contributed by atoms with Crippen LogP contribution in [0.2, 0.25) is 10.0 Å². The second-order valence-corrected chi connectivity index (χ2v) is 8.40. The largest absolute Gasteiger partial charge is 0.354 e. The monoisotopic (exact) mass is 452 g/mol. The molecule has 0 bridgehead atoms. The third kappa shape index (κ3) is 6.95. The highest BCUT2D eigenvalue weighted by molar-refractivity contribution is 8.00. The van der Waals surface area contributed by atoms with Gasteiger partial charge in [-0.3, -0.25) is 9.59 Å². The van der Waals surface area contributed by atoms with E-state index in [1.54, 1.807) is 23.1 Å². The van der Waals surface area contributed by atoms with Gasteiger partial charge < -0.3 is 10.2 Å². The molecule has 0 aliphatic heterocycles. The Kier molecular flexibility index (Phi) is 9.85. The first-order chi connectivity index (χ1) is 14.0. The van der Waals surface area contributed by atoms with E-state index < -0.39 is 6.04 Å². The van der Waals surface area contributed by atoms with Gasteiger partial charge in [0.05, 0.1) is 5.75 Å². The molecular formula is C22H26Cl2N2O2S. The minimum absolute atomic E-state index is 0.131. The molecule has 0 unspecified atom stereocenters. The van der Waals surface area contributed by atoms with E-state index in [0.717, 1.165) is 11.3 Å². The van der Waals surface area contributed by atoms with E-state index >= 15 is 0 Å². The van der Waals surface area contributed by atoms with Crippen LogP contribution in [0.3, 0.4) is 0 Å². The van der Waals surface area contributed by atoms with Crippen molar-refractivity contribution >= 4 is 46.8 Å². The van der Waals surface area contributed by atoms with Crippen molar-refractivity contribution in [1.82, 2.24) is 10.2 Å². The summed E-state index contributed by atoms with van der Waals surface area (Å²) >= 11 is 14.1. The molecule has 0 saturated heterocycles. The van der Waals surface area contributed by atoms with Gasteiger partial charge in [-0.15, -0.1) is 11.8 Å². The summed E-state index contributed by atoms with van der Waals surface area (Å²) < 4.78 is 0. The van der Waals surface area contributed by atoms with Gasteiger partial charge in [-0.05, 0) is 37.1 Å². The zero-order valence-electron chi connectivity index (χ0n) is 16.7. The SMILES string of the molecule is CCCNC(=O)[C@@H](CC)N(Cc1c(Cl)cccc1Cl)C(=O)CSc1ccccc1. The minimum atomic E-state index is -0.585. The molecule has 0 aromatic heterocycles. The molecule has 2 amide bonds. The number of hydrogen-bond acceptors (Lipinski definition) is 3. The zero-order chi connectivity index (χ0) is 21.2. The zero-order valence-corrected chi connectivity index (χ0v) is 19.0. The predicted molar refractivity (Wildman–Crippen MR) is 122 cm³/mol. The number of thioether (sulfide) groups is 1. The van der Waals surface area contributed by atoms with Crippen LogP contribution in [0.1, 0.15) is 32.3 Å². The summed E-state index contributed by atoms with van der Waals surface area (Å²) in [5.41, 5.74) is 0.649. The van der Waals surface area contributed by atoms with Gasteiger partial charge >= 0.3 is 0 Å². The van der Waals surface area contributed by atoms with Crippen LogP contribution < -0.4 is 5.32 Å². The molecule has 0 aliphatic rings. The Bertz CT molecular complexity index is 797. The van der Waals surface area contributed by atoms with Crippen LogP contribution in [0.4, 0.5) is 0 Å². The molecule has 2 rings (SSSR count). The molecule has 2 aromatic rings. The highest BCUT2D eigenvalue weighted by Crippen LogP contribution is 2.28. The number of carbonyl (C=O) groups is 2. The van der Waals surface area contributed by atoms with E-state index in [2.05, 4.69) is 5.32 Å². The van der Waals surface area contributed by atoms with Crippen LogP contribution in [0, 0.1) is 0 Å². The van der Waals surface area contributed by atoms with Gasteiger partial charge in [0.25, 0.3) is 0 Å². The molecular weight excluding hydrogens is 427 g/mol. The van der Waals surface area contributed by atoms with Crippen molar-refractivity contribution in [3.63, 3.8) is 0 Å². The highest BCUT2D eigenvalue weighted by atomic mass is 35.5. The first kappa shape index (κ1) is 23.6. The Balaban J connectivity index is 2.25. The maximum Gasteiger partial charge on any atom is 0.242 e. The number of rotatable bonds is 10. The lowest BCUT2D eigenvalue weighted by molar-refractivity contribution is -0.139. The molecule has 0 aliphatic carbocycles. The standard InChI is InChI=1S/C22H26Cl2N2O2S/c1-3-13-25-22(28)20(4-2)26(14-17-18(23)11-8-12-19(17)24)21(27)15-29-16-9-6-5-7-10-16/h5-12,20H,3-4,13-15H2,1-2H3,(H,25,28)/t20-/m1/s1. The molecule has 0 spiro atoms. The molecule has 7 heteroatoms. The smallest absolute Gasteiger partial charge is 0.242 e. The van der Waals surface area contributed by atoms with Crippen molar-refractivity contribution in [3.05, 3.63) is 64.1 Å². The van der Waals surface area contributed by atoms with Crippen LogP contribution in [0.5, 0.6) is 0 Å². The number of hydrogen-bond donors (Lipinski definition) is 1. The topological polar surface area (TPSA) is 49.4 Å². The fourth-order valence-electron chi connectivity index (χ4n) is 2.88. The van der Waals surface area contributed by atoms with Crippen molar-refractivity contribution in [2.24, 2.45) is 0 Å². The van der Waals surface area contributed by atoms with Crippen molar-refractivity contribution in [3.8, 4) is 0 Å². The van der Waals surface area contributed by atoms with Crippen LogP contribution in [-0.2, 0) is 16.1 Å². The molecule has 1 atom stereocenters. The molecule has 156 valence electrons. The van der Waals surface area contributed by atoms with E-state index in [1.807, 2.05) is 44.2 Å². The van der Waals surface area contributed by atoms with Gasteiger partial charge in [0.2, 0.25) is 11.8 Å². The molecule has 2 aromatic carbocycles. The molecule has 0 saturated carbocycles. The highest BCUT2D eigenvalue weighted by Gasteiger charge is 2.29. The van der Waals surface area contributed by atoms with Crippen molar-refractivity contribution in [1.29, 1.82) is 0 Å². The molecule has 29 heavy (non-hydrogen) atoms. The van der Waals surface area contributed by atoms with Gasteiger partial charge in [0.1, 0.15) is 6.04 Å². The number of nitrogens with one attached hydrogen (secondary N) is 1. The van der Waals surface area contributed by atoms with Crippen LogP contribution in [0.25, 0.3) is 0 Å². The average molecular weight is 453 g/mol. The second kappa shape index (κ2) is 12.1. The normalized spacial score (nSPS) is 11.7. The molecule has 4 nitrogen and oxygen atoms in total. The lowest BCUT2D eigenvalue weighted by Crippen LogP contribution is -2.49. The Morgan fingerprint density at radius 2 is 1.69 bits per heavy atom. The maximum absolute atomic E-state index is 13.2. The molecule has 1 N–H and O–H groups in total. The van der Waals surface area contributed by atoms with E-state index in [1.165, 1.54) is 11.8 Å². The molecule has 0 heterocycles. The summed E-state index contributed by atoms with van der Waals surface area (Å²) in [6.45, 7) is 4.65. The van der Waals surface area contributed by atoms with Gasteiger partial charge in [-0.1, -0.05) is 61.3 Å². The number of nitrogens with zero attached hydrogens (tertiary/aromatic N) is 1. The quantitative estimate of drug-likeness (QED) is 0.489. The average Bonchev–Trinajstić information content (AvgIpc) is 2.73. The molecule has 0 fully saturated rings. The van der Waals surface area contributed by atoms with E-state index in [-0.39, 0.29) is 24.1 Å². The maximum atomic E-state index is 13.2. The van der Waals surface area contributed by atoms with E-state index in [9.17, 15) is 9.59 Å². The van der Waals surface area contributed by atoms with Gasteiger partial charge in [-0.25, -0.2) is 0 Å². The van der Waals surface area contributed by atoms with Crippen LogP contribution in [0.15, 0.2) is 53.4 Å². The number of carbonyl (C=O) groups excluding carboxylic acids is 2. The lowest BCUT2D eigenvalue weighted by atomic mass is 10.1. The number of benzene rings is 2. The summed E-state index contributed by atoms with van der Waals surface area (Å²) in [6, 6.07) is 14.4. The van der Waals surface area contributed by atoms with E-state index in [0.29, 0.717) is 28.6 Å². The van der Waals surface area contributed by atoms with Crippen LogP contribution in [-0.4, -0.2) is 35.1 Å². The first-order valence-electron chi connectivity index (χ1n) is 9.65. The second-order valence-electron chi connectivity index (χ2n) is 6.54. The summed E-state index contributed by atoms with van der Waals surface area (Å²) in [6.07, 6.45) is 1.33. The van der Waals surface area contributed by atoms with Crippen LogP contribution >= 0.6 is 35.0 Å². The predicted octanol–water partition coefficient (Wildman–Crippen LogP) is 5.42. The first-order valence-corrected chi connectivity index (χ1v) is 11.4. The molecule has 0 radical (unpaired) electrons. The van der Waals surface area contributed by atoms with Gasteiger partial charge in [0.15, 0.2) is 0 Å². The van der Waals surface area contributed by atoms with Gasteiger partial charge in [0, 0.05) is 33.6 Å². The van der Waals surface area contributed by atoms with Crippen molar-refractivity contribution in [2.75, 3.05) is 12.3 Å².